The molecule has 0 amide bonds. The van der Waals surface area contributed by atoms with Gasteiger partial charge in [0.05, 0.1) is 17.3 Å². The van der Waals surface area contributed by atoms with E-state index in [2.05, 4.69) is 10.5 Å². The molecule has 0 saturated heterocycles. The standard InChI is InChI=1S/C14H16N2O3/c1-8(13-9(2)16-19-10(13)3)15-12-7-5-4-6-11(12)14(17)18/h4-8,15H,1-3H3,(H,17,18). The number of anilines is 1. The van der Waals surface area contributed by atoms with Gasteiger partial charge in [-0.05, 0) is 32.9 Å². The van der Waals surface area contributed by atoms with E-state index >= 15 is 0 Å². The number of rotatable bonds is 4. The van der Waals surface area contributed by atoms with Gasteiger partial charge in [-0.2, -0.15) is 0 Å². The molecule has 1 aromatic heterocycles. The minimum atomic E-state index is -0.950. The zero-order chi connectivity index (χ0) is 14.0. The van der Waals surface area contributed by atoms with Crippen LogP contribution >= 0.6 is 0 Å². The topological polar surface area (TPSA) is 75.4 Å². The van der Waals surface area contributed by atoms with Gasteiger partial charge in [0.25, 0.3) is 0 Å². The Morgan fingerprint density at radius 3 is 2.63 bits per heavy atom. The van der Waals surface area contributed by atoms with Crippen molar-refractivity contribution in [2.45, 2.75) is 26.8 Å². The van der Waals surface area contributed by atoms with Gasteiger partial charge in [0.2, 0.25) is 0 Å². The fourth-order valence-electron chi connectivity index (χ4n) is 2.21. The highest BCUT2D eigenvalue weighted by atomic mass is 16.5. The van der Waals surface area contributed by atoms with Gasteiger partial charge in [-0.15, -0.1) is 0 Å². The summed E-state index contributed by atoms with van der Waals surface area (Å²) in [6.07, 6.45) is 0. The summed E-state index contributed by atoms with van der Waals surface area (Å²) < 4.78 is 5.13. The number of aromatic nitrogens is 1. The van der Waals surface area contributed by atoms with E-state index in [0.717, 1.165) is 17.0 Å². The molecule has 1 atom stereocenters. The molecule has 0 aliphatic rings. The molecule has 1 heterocycles. The summed E-state index contributed by atoms with van der Waals surface area (Å²) >= 11 is 0. The quantitative estimate of drug-likeness (QED) is 0.883. The second-order valence-corrected chi connectivity index (χ2v) is 4.45. The number of aromatic carboxylic acids is 1. The largest absolute Gasteiger partial charge is 0.478 e. The maximum absolute atomic E-state index is 11.2. The number of hydrogen-bond acceptors (Lipinski definition) is 4. The first kappa shape index (κ1) is 13.1. The van der Waals surface area contributed by atoms with Crippen molar-refractivity contribution >= 4 is 11.7 Å². The van der Waals surface area contributed by atoms with Gasteiger partial charge in [0.15, 0.2) is 0 Å². The fourth-order valence-corrected chi connectivity index (χ4v) is 2.21. The van der Waals surface area contributed by atoms with Crippen molar-refractivity contribution < 1.29 is 14.4 Å². The molecule has 0 aliphatic carbocycles. The maximum Gasteiger partial charge on any atom is 0.337 e. The number of carboxylic acid groups (broad SMARTS) is 1. The average molecular weight is 260 g/mol. The van der Waals surface area contributed by atoms with Crippen LogP contribution in [0, 0.1) is 13.8 Å². The lowest BCUT2D eigenvalue weighted by Crippen LogP contribution is -2.11. The normalized spacial score (nSPS) is 12.2. The van der Waals surface area contributed by atoms with Crippen LogP contribution in [0.15, 0.2) is 28.8 Å². The molecule has 2 N–H and O–H groups in total. The lowest BCUT2D eigenvalue weighted by atomic mass is 10.1. The van der Waals surface area contributed by atoms with E-state index in [-0.39, 0.29) is 11.6 Å². The van der Waals surface area contributed by atoms with E-state index in [9.17, 15) is 4.79 Å². The van der Waals surface area contributed by atoms with Crippen LogP contribution in [0.4, 0.5) is 5.69 Å². The molecule has 1 aromatic carbocycles. The molecular weight excluding hydrogens is 244 g/mol. The number of carboxylic acids is 1. The molecule has 19 heavy (non-hydrogen) atoms. The zero-order valence-electron chi connectivity index (χ0n) is 11.1. The molecule has 0 bridgehead atoms. The molecule has 0 radical (unpaired) electrons. The van der Waals surface area contributed by atoms with Gasteiger partial charge < -0.3 is 14.9 Å². The fraction of sp³-hybridized carbons (Fsp3) is 0.286. The second kappa shape index (κ2) is 5.14. The van der Waals surface area contributed by atoms with Crippen LogP contribution in [0.2, 0.25) is 0 Å². The molecule has 5 nitrogen and oxygen atoms in total. The van der Waals surface area contributed by atoms with Gasteiger partial charge in [-0.3, -0.25) is 0 Å². The van der Waals surface area contributed by atoms with Gasteiger partial charge in [0.1, 0.15) is 5.76 Å². The summed E-state index contributed by atoms with van der Waals surface area (Å²) in [6.45, 7) is 5.66. The van der Waals surface area contributed by atoms with Crippen LogP contribution < -0.4 is 5.32 Å². The predicted molar refractivity (Wildman–Crippen MR) is 71.4 cm³/mol. The molecular formula is C14H16N2O3. The first-order chi connectivity index (χ1) is 9.00. The zero-order valence-corrected chi connectivity index (χ0v) is 11.1. The van der Waals surface area contributed by atoms with Crippen molar-refractivity contribution in [1.29, 1.82) is 0 Å². The Morgan fingerprint density at radius 1 is 1.37 bits per heavy atom. The van der Waals surface area contributed by atoms with E-state index in [0.29, 0.717) is 5.69 Å². The smallest absolute Gasteiger partial charge is 0.337 e. The summed E-state index contributed by atoms with van der Waals surface area (Å²) in [7, 11) is 0. The SMILES string of the molecule is Cc1noc(C)c1C(C)Nc1ccccc1C(=O)O. The van der Waals surface area contributed by atoms with Gasteiger partial charge in [0, 0.05) is 11.3 Å². The van der Waals surface area contributed by atoms with Crippen molar-refractivity contribution in [2.75, 3.05) is 5.32 Å². The van der Waals surface area contributed by atoms with Crippen molar-refractivity contribution in [3.63, 3.8) is 0 Å². The van der Waals surface area contributed by atoms with E-state index in [1.54, 1.807) is 24.3 Å². The predicted octanol–water partition coefficient (Wildman–Crippen LogP) is 3.16. The summed E-state index contributed by atoms with van der Waals surface area (Å²) in [4.78, 5) is 11.2. The summed E-state index contributed by atoms with van der Waals surface area (Å²) in [5.41, 5.74) is 2.61. The number of nitrogens with one attached hydrogen (secondary N) is 1. The molecule has 100 valence electrons. The monoisotopic (exact) mass is 260 g/mol. The van der Waals surface area contributed by atoms with Crippen molar-refractivity contribution in [3.05, 3.63) is 46.8 Å². The van der Waals surface area contributed by atoms with E-state index in [4.69, 9.17) is 9.63 Å². The first-order valence-corrected chi connectivity index (χ1v) is 6.02. The summed E-state index contributed by atoms with van der Waals surface area (Å²) in [6, 6.07) is 6.75. The van der Waals surface area contributed by atoms with Crippen molar-refractivity contribution in [2.24, 2.45) is 0 Å². The van der Waals surface area contributed by atoms with Crippen molar-refractivity contribution in [1.82, 2.24) is 5.16 Å². The first-order valence-electron chi connectivity index (χ1n) is 6.02. The highest BCUT2D eigenvalue weighted by Crippen LogP contribution is 2.26. The molecule has 0 saturated carbocycles. The Labute approximate surface area is 111 Å². The van der Waals surface area contributed by atoms with Crippen LogP contribution in [0.1, 0.15) is 40.3 Å². The van der Waals surface area contributed by atoms with Gasteiger partial charge in [-0.25, -0.2) is 4.79 Å². The van der Waals surface area contributed by atoms with Gasteiger partial charge in [-0.1, -0.05) is 17.3 Å². The summed E-state index contributed by atoms with van der Waals surface area (Å²) in [5.74, 6) is -0.209. The van der Waals surface area contributed by atoms with Crippen LogP contribution in [-0.2, 0) is 0 Å². The highest BCUT2D eigenvalue weighted by molar-refractivity contribution is 5.94. The van der Waals surface area contributed by atoms with Crippen molar-refractivity contribution in [3.8, 4) is 0 Å². The maximum atomic E-state index is 11.2. The number of aryl methyl sites for hydroxylation is 2. The van der Waals surface area contributed by atoms with Crippen LogP contribution in [0.25, 0.3) is 0 Å². The third-order valence-corrected chi connectivity index (χ3v) is 3.05. The van der Waals surface area contributed by atoms with Crippen LogP contribution in [0.3, 0.4) is 0 Å². The number of hydrogen-bond donors (Lipinski definition) is 2. The van der Waals surface area contributed by atoms with Crippen LogP contribution in [-0.4, -0.2) is 16.2 Å². The van der Waals surface area contributed by atoms with Crippen LogP contribution in [0.5, 0.6) is 0 Å². The van der Waals surface area contributed by atoms with E-state index < -0.39 is 5.97 Å². The molecule has 0 fully saturated rings. The van der Waals surface area contributed by atoms with Gasteiger partial charge >= 0.3 is 5.97 Å². The second-order valence-electron chi connectivity index (χ2n) is 4.45. The number of para-hydroxylation sites is 1. The third-order valence-electron chi connectivity index (χ3n) is 3.05. The Balaban J connectivity index is 2.29. The Bertz CT molecular complexity index is 585. The van der Waals surface area contributed by atoms with E-state index in [1.807, 2.05) is 20.8 Å². The molecule has 2 aromatic rings. The minimum absolute atomic E-state index is 0.0771. The highest BCUT2D eigenvalue weighted by Gasteiger charge is 2.18. The Kier molecular flexibility index (Phi) is 3.55. The lowest BCUT2D eigenvalue weighted by molar-refractivity contribution is 0.0698. The number of benzene rings is 1. The minimum Gasteiger partial charge on any atom is -0.478 e. The number of carbonyl (C=O) groups is 1. The number of nitrogens with zero attached hydrogens (tertiary/aromatic N) is 1. The Morgan fingerprint density at radius 2 is 2.05 bits per heavy atom. The molecule has 0 aliphatic heterocycles. The molecule has 1 unspecified atom stereocenters. The summed E-state index contributed by atoms with van der Waals surface area (Å²) in [5, 5.41) is 16.2. The molecule has 5 heteroatoms. The average Bonchev–Trinajstić information content (AvgIpc) is 2.69. The Hall–Kier alpha value is -2.30. The van der Waals surface area contributed by atoms with E-state index in [1.165, 1.54) is 0 Å². The molecule has 2 rings (SSSR count). The lowest BCUT2D eigenvalue weighted by Gasteiger charge is -2.16. The molecule has 0 spiro atoms. The third kappa shape index (κ3) is 2.59.